The number of carbonyl (C=O) groups is 1. The highest BCUT2D eigenvalue weighted by atomic mass is 32.2. The summed E-state index contributed by atoms with van der Waals surface area (Å²) in [5, 5.41) is 7.04. The quantitative estimate of drug-likeness (QED) is 0.814. The van der Waals surface area contributed by atoms with Crippen molar-refractivity contribution in [1.82, 2.24) is 15.5 Å². The number of amides is 1. The topological polar surface area (TPSA) is 68.0 Å². The van der Waals surface area contributed by atoms with Gasteiger partial charge in [-0.25, -0.2) is 0 Å². The van der Waals surface area contributed by atoms with Crippen molar-refractivity contribution in [3.63, 3.8) is 0 Å². The third-order valence-electron chi connectivity index (χ3n) is 2.52. The first-order valence-electron chi connectivity index (χ1n) is 5.95. The average molecular weight is 277 g/mol. The van der Waals surface area contributed by atoms with Crippen LogP contribution >= 0.6 is 11.8 Å². The normalized spacial score (nSPS) is 10.4. The standard InChI is InChI=1S/C13H15N3O2S/c1-19-13-15-11(16-18-13)9-12(17)14-8-7-10-5-3-2-4-6-10/h2-6H,7-9H2,1H3,(H,14,17). The molecule has 0 aliphatic rings. The Balaban J connectivity index is 1.73. The molecule has 0 atom stereocenters. The Bertz CT molecular complexity index is 528. The highest BCUT2D eigenvalue weighted by molar-refractivity contribution is 7.98. The average Bonchev–Trinajstić information content (AvgIpc) is 2.87. The molecular formula is C13H15N3O2S. The fraction of sp³-hybridized carbons (Fsp3) is 0.308. The van der Waals surface area contributed by atoms with Gasteiger partial charge in [0, 0.05) is 6.54 Å². The highest BCUT2D eigenvalue weighted by Crippen LogP contribution is 2.10. The lowest BCUT2D eigenvalue weighted by Crippen LogP contribution is -2.27. The van der Waals surface area contributed by atoms with E-state index in [1.807, 2.05) is 36.6 Å². The van der Waals surface area contributed by atoms with E-state index in [0.29, 0.717) is 17.6 Å². The maximum atomic E-state index is 11.7. The van der Waals surface area contributed by atoms with Crippen LogP contribution in [0.25, 0.3) is 0 Å². The van der Waals surface area contributed by atoms with Crippen molar-refractivity contribution in [2.75, 3.05) is 12.8 Å². The molecule has 0 saturated heterocycles. The van der Waals surface area contributed by atoms with Crippen molar-refractivity contribution in [3.8, 4) is 0 Å². The lowest BCUT2D eigenvalue weighted by atomic mass is 10.1. The number of thioether (sulfide) groups is 1. The van der Waals surface area contributed by atoms with E-state index in [1.54, 1.807) is 0 Å². The van der Waals surface area contributed by atoms with E-state index >= 15 is 0 Å². The Hall–Kier alpha value is -1.82. The molecule has 6 heteroatoms. The maximum Gasteiger partial charge on any atom is 0.285 e. The van der Waals surface area contributed by atoms with Crippen LogP contribution in [0.3, 0.4) is 0 Å². The van der Waals surface area contributed by atoms with Gasteiger partial charge in [0.15, 0.2) is 5.82 Å². The van der Waals surface area contributed by atoms with Gasteiger partial charge in [-0.15, -0.1) is 0 Å². The molecule has 2 aromatic rings. The van der Waals surface area contributed by atoms with Crippen LogP contribution in [-0.2, 0) is 17.6 Å². The summed E-state index contributed by atoms with van der Waals surface area (Å²) in [7, 11) is 0. The van der Waals surface area contributed by atoms with Crippen LogP contribution < -0.4 is 5.32 Å². The van der Waals surface area contributed by atoms with Gasteiger partial charge in [0.1, 0.15) is 0 Å². The smallest absolute Gasteiger partial charge is 0.285 e. The Labute approximate surface area is 115 Å². The minimum atomic E-state index is -0.0932. The van der Waals surface area contributed by atoms with Crippen LogP contribution in [0.4, 0.5) is 0 Å². The molecule has 1 aromatic heterocycles. The van der Waals surface area contributed by atoms with Gasteiger partial charge in [0.25, 0.3) is 5.22 Å². The molecule has 0 unspecified atom stereocenters. The fourth-order valence-electron chi connectivity index (χ4n) is 1.59. The molecule has 5 nitrogen and oxygen atoms in total. The summed E-state index contributed by atoms with van der Waals surface area (Å²) >= 11 is 1.36. The number of carbonyl (C=O) groups excluding carboxylic acids is 1. The van der Waals surface area contributed by atoms with E-state index in [4.69, 9.17) is 4.52 Å². The summed E-state index contributed by atoms with van der Waals surface area (Å²) in [5.41, 5.74) is 1.20. The number of benzene rings is 1. The zero-order valence-corrected chi connectivity index (χ0v) is 11.4. The third-order valence-corrected chi connectivity index (χ3v) is 3.04. The Morgan fingerprint density at radius 3 is 2.84 bits per heavy atom. The monoisotopic (exact) mass is 277 g/mol. The molecule has 1 heterocycles. The van der Waals surface area contributed by atoms with Crippen LogP contribution in [0, 0.1) is 0 Å². The van der Waals surface area contributed by atoms with Gasteiger partial charge in [-0.2, -0.15) is 4.98 Å². The fourth-order valence-corrected chi connectivity index (χ4v) is 1.90. The first-order valence-corrected chi connectivity index (χ1v) is 7.17. The lowest BCUT2D eigenvalue weighted by Gasteiger charge is -2.03. The first-order chi connectivity index (χ1) is 9.28. The molecule has 0 bridgehead atoms. The summed E-state index contributed by atoms with van der Waals surface area (Å²) in [6.07, 6.45) is 2.81. The molecule has 19 heavy (non-hydrogen) atoms. The largest absolute Gasteiger partial charge is 0.355 e. The van der Waals surface area contributed by atoms with Crippen LogP contribution in [-0.4, -0.2) is 28.8 Å². The third kappa shape index (κ3) is 4.40. The number of hydrogen-bond acceptors (Lipinski definition) is 5. The van der Waals surface area contributed by atoms with E-state index in [2.05, 4.69) is 15.5 Å². The molecule has 0 aliphatic heterocycles. The number of rotatable bonds is 6. The van der Waals surface area contributed by atoms with E-state index in [0.717, 1.165) is 6.42 Å². The molecule has 1 amide bonds. The Kier molecular flexibility index (Phi) is 4.97. The second-order valence-corrected chi connectivity index (χ2v) is 4.70. The van der Waals surface area contributed by atoms with E-state index in [9.17, 15) is 4.79 Å². The van der Waals surface area contributed by atoms with Gasteiger partial charge < -0.3 is 9.84 Å². The molecule has 0 radical (unpaired) electrons. The molecular weight excluding hydrogens is 262 g/mol. The highest BCUT2D eigenvalue weighted by Gasteiger charge is 2.09. The van der Waals surface area contributed by atoms with Gasteiger partial charge in [-0.1, -0.05) is 47.3 Å². The lowest BCUT2D eigenvalue weighted by molar-refractivity contribution is -0.120. The number of hydrogen-bond donors (Lipinski definition) is 1. The molecule has 0 spiro atoms. The molecule has 0 aliphatic carbocycles. The van der Waals surface area contributed by atoms with Crippen molar-refractivity contribution < 1.29 is 9.32 Å². The molecule has 0 saturated carbocycles. The second-order valence-electron chi connectivity index (χ2n) is 3.94. The summed E-state index contributed by atoms with van der Waals surface area (Å²) in [6, 6.07) is 10.0. The van der Waals surface area contributed by atoms with Crippen molar-refractivity contribution in [3.05, 3.63) is 41.7 Å². The van der Waals surface area contributed by atoms with Gasteiger partial charge in [-0.3, -0.25) is 4.79 Å². The van der Waals surface area contributed by atoms with Gasteiger partial charge >= 0.3 is 0 Å². The molecule has 1 N–H and O–H groups in total. The number of aromatic nitrogens is 2. The Morgan fingerprint density at radius 1 is 1.37 bits per heavy atom. The van der Waals surface area contributed by atoms with Crippen molar-refractivity contribution >= 4 is 17.7 Å². The van der Waals surface area contributed by atoms with Crippen LogP contribution in [0.5, 0.6) is 0 Å². The van der Waals surface area contributed by atoms with Crippen molar-refractivity contribution in [2.24, 2.45) is 0 Å². The van der Waals surface area contributed by atoms with E-state index in [1.165, 1.54) is 17.3 Å². The van der Waals surface area contributed by atoms with Crippen molar-refractivity contribution in [2.45, 2.75) is 18.1 Å². The summed E-state index contributed by atoms with van der Waals surface area (Å²) < 4.78 is 4.91. The zero-order chi connectivity index (χ0) is 13.5. The molecule has 2 rings (SSSR count). The van der Waals surface area contributed by atoms with E-state index < -0.39 is 0 Å². The molecule has 1 aromatic carbocycles. The SMILES string of the molecule is CSc1nc(CC(=O)NCCc2ccccc2)no1. The number of nitrogens with one attached hydrogen (secondary N) is 1. The summed E-state index contributed by atoms with van der Waals surface area (Å²) in [6.45, 7) is 0.607. The van der Waals surface area contributed by atoms with Crippen LogP contribution in [0.15, 0.2) is 40.1 Å². The minimum absolute atomic E-state index is 0.0932. The second kappa shape index (κ2) is 6.94. The Morgan fingerprint density at radius 2 is 2.16 bits per heavy atom. The van der Waals surface area contributed by atoms with Gasteiger partial charge in [0.2, 0.25) is 5.91 Å². The first kappa shape index (κ1) is 13.6. The van der Waals surface area contributed by atoms with E-state index in [-0.39, 0.29) is 12.3 Å². The maximum absolute atomic E-state index is 11.7. The van der Waals surface area contributed by atoms with Gasteiger partial charge in [-0.05, 0) is 18.2 Å². The molecule has 100 valence electrons. The minimum Gasteiger partial charge on any atom is -0.355 e. The zero-order valence-electron chi connectivity index (χ0n) is 10.6. The van der Waals surface area contributed by atoms with Gasteiger partial charge in [0.05, 0.1) is 6.42 Å². The van der Waals surface area contributed by atoms with Crippen molar-refractivity contribution in [1.29, 1.82) is 0 Å². The summed E-state index contributed by atoms with van der Waals surface area (Å²) in [5.74, 6) is 0.325. The molecule has 0 fully saturated rings. The predicted molar refractivity (Wildman–Crippen MR) is 72.9 cm³/mol. The summed E-state index contributed by atoms with van der Waals surface area (Å²) in [4.78, 5) is 15.7. The predicted octanol–water partition coefficient (Wildman–Crippen LogP) is 1.69. The number of nitrogens with zero attached hydrogens (tertiary/aromatic N) is 2. The van der Waals surface area contributed by atoms with Crippen LogP contribution in [0.1, 0.15) is 11.4 Å². The van der Waals surface area contributed by atoms with Crippen LogP contribution in [0.2, 0.25) is 0 Å².